The maximum Gasteiger partial charge on any atom is 0.210 e. The smallest absolute Gasteiger partial charge is 0.210 e. The van der Waals surface area contributed by atoms with Crippen LogP contribution in [0, 0.1) is 0 Å². The molecule has 3 aromatic heterocycles. The first-order valence-corrected chi connectivity index (χ1v) is 9.18. The molecule has 4 heterocycles. The maximum atomic E-state index is 4.48. The fraction of sp³-hybridized carbons (Fsp3) is 0.429. The zero-order valence-corrected chi connectivity index (χ0v) is 14.4. The number of anilines is 2. The Morgan fingerprint density at radius 1 is 1.17 bits per heavy atom. The number of hydrogen-bond acceptors (Lipinski definition) is 9. The van der Waals surface area contributed by atoms with Crippen molar-refractivity contribution >= 4 is 43.3 Å². The molecule has 0 atom stereocenters. The average molecular weight is 347 g/mol. The number of aromatic nitrogens is 4. The van der Waals surface area contributed by atoms with E-state index in [1.807, 2.05) is 18.8 Å². The van der Waals surface area contributed by atoms with Gasteiger partial charge >= 0.3 is 0 Å². The third kappa shape index (κ3) is 3.12. The molecule has 1 aliphatic heterocycles. The van der Waals surface area contributed by atoms with E-state index in [1.165, 1.54) is 5.56 Å². The number of piperazine rings is 1. The van der Waals surface area contributed by atoms with E-state index in [-0.39, 0.29) is 0 Å². The van der Waals surface area contributed by atoms with E-state index in [4.69, 9.17) is 0 Å². The normalized spacial score (nSPS) is 16.1. The number of pyridine rings is 1. The van der Waals surface area contributed by atoms with Crippen LogP contribution in [0.4, 0.5) is 10.3 Å². The largest absolute Gasteiger partial charge is 0.363 e. The maximum absolute atomic E-state index is 4.48. The minimum Gasteiger partial charge on any atom is -0.363 e. The summed E-state index contributed by atoms with van der Waals surface area (Å²) in [6, 6.07) is 2.15. The van der Waals surface area contributed by atoms with Crippen LogP contribution in [0.3, 0.4) is 0 Å². The summed E-state index contributed by atoms with van der Waals surface area (Å²) in [5, 5.41) is 13.3. The summed E-state index contributed by atoms with van der Waals surface area (Å²) in [7, 11) is 1.87. The molecule has 1 N–H and O–H groups in total. The number of rotatable bonds is 4. The van der Waals surface area contributed by atoms with Crippen LogP contribution in [-0.2, 0) is 6.54 Å². The van der Waals surface area contributed by atoms with E-state index in [2.05, 4.69) is 41.3 Å². The number of hydrogen-bond donors (Lipinski definition) is 1. The van der Waals surface area contributed by atoms with E-state index < -0.39 is 0 Å². The zero-order chi connectivity index (χ0) is 15.6. The molecular formula is C14H17N7S2. The molecule has 1 fully saturated rings. The first-order valence-electron chi connectivity index (χ1n) is 7.48. The average Bonchev–Trinajstić information content (AvgIpc) is 3.24. The van der Waals surface area contributed by atoms with E-state index >= 15 is 0 Å². The Labute approximate surface area is 142 Å². The highest BCUT2D eigenvalue weighted by molar-refractivity contribution is 7.19. The van der Waals surface area contributed by atoms with Gasteiger partial charge in [-0.3, -0.25) is 4.90 Å². The van der Waals surface area contributed by atoms with Gasteiger partial charge in [-0.15, -0.1) is 21.5 Å². The summed E-state index contributed by atoms with van der Waals surface area (Å²) in [5.41, 5.74) is 4.08. The van der Waals surface area contributed by atoms with E-state index in [0.717, 1.165) is 53.3 Å². The van der Waals surface area contributed by atoms with E-state index in [0.29, 0.717) is 0 Å². The fourth-order valence-corrected chi connectivity index (χ4v) is 4.05. The van der Waals surface area contributed by atoms with Crippen molar-refractivity contribution in [2.75, 3.05) is 43.4 Å². The third-order valence-corrected chi connectivity index (χ3v) is 5.67. The van der Waals surface area contributed by atoms with Crippen LogP contribution in [0.25, 0.3) is 10.3 Å². The quantitative estimate of drug-likeness (QED) is 0.773. The first kappa shape index (κ1) is 14.7. The predicted molar refractivity (Wildman–Crippen MR) is 94.4 cm³/mol. The molecule has 1 aliphatic rings. The molecule has 0 aromatic carbocycles. The second-order valence-electron chi connectivity index (χ2n) is 5.42. The van der Waals surface area contributed by atoms with Gasteiger partial charge in [-0.1, -0.05) is 11.3 Å². The van der Waals surface area contributed by atoms with E-state index in [9.17, 15) is 0 Å². The predicted octanol–water partition coefficient (Wildman–Crippen LogP) is 1.91. The highest BCUT2D eigenvalue weighted by Crippen LogP contribution is 2.25. The highest BCUT2D eigenvalue weighted by atomic mass is 32.1. The van der Waals surface area contributed by atoms with Gasteiger partial charge in [-0.2, -0.15) is 0 Å². The Kier molecular flexibility index (Phi) is 4.06. The molecule has 4 rings (SSSR count). The van der Waals surface area contributed by atoms with Crippen molar-refractivity contribution < 1.29 is 0 Å². The van der Waals surface area contributed by atoms with Crippen LogP contribution < -0.4 is 10.2 Å². The number of nitrogens with one attached hydrogen (secondary N) is 1. The number of nitrogens with zero attached hydrogens (tertiary/aromatic N) is 6. The summed E-state index contributed by atoms with van der Waals surface area (Å²) < 4.78 is 0. The number of thiazole rings is 1. The van der Waals surface area contributed by atoms with Crippen molar-refractivity contribution in [2.24, 2.45) is 0 Å². The van der Waals surface area contributed by atoms with Crippen LogP contribution in [0.5, 0.6) is 0 Å². The van der Waals surface area contributed by atoms with Crippen molar-refractivity contribution in [1.29, 1.82) is 0 Å². The monoisotopic (exact) mass is 347 g/mol. The molecule has 23 heavy (non-hydrogen) atoms. The van der Waals surface area contributed by atoms with Crippen molar-refractivity contribution in [1.82, 2.24) is 25.1 Å². The molecule has 0 amide bonds. The van der Waals surface area contributed by atoms with Gasteiger partial charge < -0.3 is 10.2 Å². The Hall–Kier alpha value is -1.84. The fourth-order valence-electron chi connectivity index (χ4n) is 2.68. The Morgan fingerprint density at radius 3 is 2.83 bits per heavy atom. The number of fused-ring (bicyclic) bond motifs is 1. The zero-order valence-electron chi connectivity index (χ0n) is 12.8. The lowest BCUT2D eigenvalue weighted by Gasteiger charge is -2.34. The van der Waals surface area contributed by atoms with Crippen molar-refractivity contribution in [2.45, 2.75) is 6.54 Å². The van der Waals surface area contributed by atoms with Gasteiger partial charge in [0.1, 0.15) is 10.3 Å². The molecular weight excluding hydrogens is 330 g/mol. The summed E-state index contributed by atoms with van der Waals surface area (Å²) in [6.07, 6.45) is 1.97. The van der Waals surface area contributed by atoms with Gasteiger partial charge in [0.05, 0.1) is 5.51 Å². The standard InChI is InChI=1S/C14H17N7S2/c1-15-13-18-19-14(23-13)21-4-2-20(3-5-21)8-10-6-11-12(16-7-10)22-9-17-11/h6-7,9H,2-5,8H2,1H3,(H,15,18). The first-order chi connectivity index (χ1) is 11.3. The molecule has 0 aliphatic carbocycles. The minimum atomic E-state index is 0.866. The third-order valence-electron chi connectivity index (χ3n) is 3.92. The molecule has 0 bridgehead atoms. The molecule has 0 saturated carbocycles. The Bertz CT molecular complexity index is 791. The van der Waals surface area contributed by atoms with Crippen molar-refractivity contribution in [3.05, 3.63) is 23.3 Å². The van der Waals surface area contributed by atoms with Crippen molar-refractivity contribution in [3.8, 4) is 0 Å². The van der Waals surface area contributed by atoms with Gasteiger partial charge in [0.15, 0.2) is 0 Å². The lowest BCUT2D eigenvalue weighted by Crippen LogP contribution is -2.45. The molecule has 0 unspecified atom stereocenters. The van der Waals surface area contributed by atoms with Crippen LogP contribution in [0.1, 0.15) is 5.56 Å². The minimum absolute atomic E-state index is 0.866. The molecule has 0 radical (unpaired) electrons. The molecule has 3 aromatic rings. The summed E-state index contributed by atoms with van der Waals surface area (Å²) in [5.74, 6) is 0. The summed E-state index contributed by atoms with van der Waals surface area (Å²) in [6.45, 7) is 4.91. The van der Waals surface area contributed by atoms with Crippen LogP contribution >= 0.6 is 22.7 Å². The van der Waals surface area contributed by atoms with Gasteiger partial charge in [0.2, 0.25) is 10.3 Å². The Morgan fingerprint density at radius 2 is 2.04 bits per heavy atom. The highest BCUT2D eigenvalue weighted by Gasteiger charge is 2.20. The van der Waals surface area contributed by atoms with Crippen LogP contribution in [0.2, 0.25) is 0 Å². The van der Waals surface area contributed by atoms with Crippen LogP contribution in [-0.4, -0.2) is 58.3 Å². The second kappa shape index (κ2) is 6.34. The topological polar surface area (TPSA) is 70.1 Å². The van der Waals surface area contributed by atoms with Gasteiger partial charge in [0, 0.05) is 46.0 Å². The SMILES string of the molecule is CNc1nnc(N2CCN(Cc3cnc4scnc4c3)CC2)s1. The van der Waals surface area contributed by atoms with E-state index in [1.54, 1.807) is 22.7 Å². The van der Waals surface area contributed by atoms with Crippen LogP contribution in [0.15, 0.2) is 17.8 Å². The summed E-state index contributed by atoms with van der Waals surface area (Å²) in [4.78, 5) is 14.6. The van der Waals surface area contributed by atoms with Gasteiger partial charge in [-0.25, -0.2) is 9.97 Å². The molecule has 1 saturated heterocycles. The van der Waals surface area contributed by atoms with Gasteiger partial charge in [0.25, 0.3) is 0 Å². The lowest BCUT2D eigenvalue weighted by molar-refractivity contribution is 0.249. The molecule has 120 valence electrons. The molecule has 7 nitrogen and oxygen atoms in total. The lowest BCUT2D eigenvalue weighted by atomic mass is 10.2. The summed E-state index contributed by atoms with van der Waals surface area (Å²) >= 11 is 3.19. The second-order valence-corrected chi connectivity index (χ2v) is 7.21. The molecule has 9 heteroatoms. The van der Waals surface area contributed by atoms with Crippen molar-refractivity contribution in [3.63, 3.8) is 0 Å². The van der Waals surface area contributed by atoms with Gasteiger partial charge in [-0.05, 0) is 11.6 Å². The molecule has 0 spiro atoms. The Balaban J connectivity index is 1.37.